The van der Waals surface area contributed by atoms with Gasteiger partial charge in [0.25, 0.3) is 0 Å². The van der Waals surface area contributed by atoms with Crippen LogP contribution in [0.25, 0.3) is 0 Å². The first kappa shape index (κ1) is 10.3. The minimum Gasteiger partial charge on any atom is -0.328 e. The van der Waals surface area contributed by atoms with E-state index in [1.807, 2.05) is 18.7 Å². The Balaban J connectivity index is 2.64. The van der Waals surface area contributed by atoms with E-state index in [1.54, 1.807) is 0 Å². The zero-order chi connectivity index (χ0) is 9.84. The molecule has 1 atom stereocenters. The Labute approximate surface area is 79.9 Å². The monoisotopic (exact) mass is 181 g/mol. The highest BCUT2D eigenvalue weighted by atomic mass is 15.2. The van der Waals surface area contributed by atoms with Crippen LogP contribution in [0.3, 0.4) is 0 Å². The van der Waals surface area contributed by atoms with Gasteiger partial charge in [-0.2, -0.15) is 5.10 Å². The van der Waals surface area contributed by atoms with E-state index in [9.17, 15) is 0 Å². The molecule has 74 valence electrons. The SMILES string of the molecule is CCc1nn(C)cc1CCC(C)N. The molecule has 3 heteroatoms. The molecule has 0 aliphatic rings. The maximum atomic E-state index is 5.71. The number of aryl methyl sites for hydroxylation is 3. The zero-order valence-corrected chi connectivity index (χ0v) is 8.75. The Bertz CT molecular complexity index is 263. The van der Waals surface area contributed by atoms with Gasteiger partial charge in [0.05, 0.1) is 5.69 Å². The topological polar surface area (TPSA) is 43.8 Å². The third kappa shape index (κ3) is 2.84. The van der Waals surface area contributed by atoms with Crippen LogP contribution < -0.4 is 5.73 Å². The number of nitrogens with zero attached hydrogens (tertiary/aromatic N) is 2. The first-order valence-corrected chi connectivity index (χ1v) is 4.90. The second kappa shape index (κ2) is 4.42. The van der Waals surface area contributed by atoms with Gasteiger partial charge in [-0.25, -0.2) is 0 Å². The fourth-order valence-corrected chi connectivity index (χ4v) is 1.47. The van der Waals surface area contributed by atoms with Crippen molar-refractivity contribution in [1.82, 2.24) is 9.78 Å². The lowest BCUT2D eigenvalue weighted by atomic mass is 10.1. The van der Waals surface area contributed by atoms with E-state index in [0.29, 0.717) is 0 Å². The second-order valence-electron chi connectivity index (χ2n) is 3.64. The van der Waals surface area contributed by atoms with Crippen LogP contribution in [-0.2, 0) is 19.9 Å². The van der Waals surface area contributed by atoms with Crippen LogP contribution in [0.5, 0.6) is 0 Å². The highest BCUT2D eigenvalue weighted by molar-refractivity contribution is 5.17. The molecule has 0 saturated heterocycles. The van der Waals surface area contributed by atoms with E-state index >= 15 is 0 Å². The van der Waals surface area contributed by atoms with Crippen molar-refractivity contribution < 1.29 is 0 Å². The van der Waals surface area contributed by atoms with Gasteiger partial charge in [-0.1, -0.05) is 6.92 Å². The summed E-state index contributed by atoms with van der Waals surface area (Å²) in [7, 11) is 1.97. The molecule has 1 rings (SSSR count). The third-order valence-corrected chi connectivity index (χ3v) is 2.20. The minimum absolute atomic E-state index is 0.282. The van der Waals surface area contributed by atoms with Crippen molar-refractivity contribution >= 4 is 0 Å². The van der Waals surface area contributed by atoms with Gasteiger partial charge in [0.2, 0.25) is 0 Å². The van der Waals surface area contributed by atoms with E-state index < -0.39 is 0 Å². The molecule has 13 heavy (non-hydrogen) atoms. The highest BCUT2D eigenvalue weighted by Gasteiger charge is 2.05. The average Bonchev–Trinajstić information content (AvgIpc) is 2.42. The minimum atomic E-state index is 0.282. The second-order valence-corrected chi connectivity index (χ2v) is 3.64. The number of aromatic nitrogens is 2. The van der Waals surface area contributed by atoms with Gasteiger partial charge in [0.1, 0.15) is 0 Å². The summed E-state index contributed by atoms with van der Waals surface area (Å²) in [6, 6.07) is 0.282. The molecule has 0 spiro atoms. The van der Waals surface area contributed by atoms with E-state index in [1.165, 1.54) is 11.3 Å². The molecule has 0 aromatic carbocycles. The first-order valence-electron chi connectivity index (χ1n) is 4.90. The molecule has 2 N–H and O–H groups in total. The predicted molar refractivity (Wildman–Crippen MR) is 54.6 cm³/mol. The molecule has 0 radical (unpaired) electrons. The van der Waals surface area contributed by atoms with Crippen LogP contribution >= 0.6 is 0 Å². The Kier molecular flexibility index (Phi) is 3.48. The quantitative estimate of drug-likeness (QED) is 0.760. The summed E-state index contributed by atoms with van der Waals surface area (Å²) >= 11 is 0. The number of nitrogens with two attached hydrogens (primary N) is 1. The molecule has 0 bridgehead atoms. The van der Waals surface area contributed by atoms with Crippen LogP contribution in [0.4, 0.5) is 0 Å². The summed E-state index contributed by atoms with van der Waals surface area (Å²) in [6.07, 6.45) is 5.20. The first-order chi connectivity index (χ1) is 6.13. The predicted octanol–water partition coefficient (Wildman–Crippen LogP) is 1.26. The molecule has 0 saturated carbocycles. The molecule has 0 aliphatic carbocycles. The van der Waals surface area contributed by atoms with Gasteiger partial charge < -0.3 is 5.73 Å². The molecule has 0 aliphatic heterocycles. The molecule has 3 nitrogen and oxygen atoms in total. The van der Waals surface area contributed by atoms with Gasteiger partial charge in [-0.15, -0.1) is 0 Å². The fourth-order valence-electron chi connectivity index (χ4n) is 1.47. The Morgan fingerprint density at radius 1 is 1.62 bits per heavy atom. The van der Waals surface area contributed by atoms with Crippen LogP contribution in [0, 0.1) is 0 Å². The van der Waals surface area contributed by atoms with Crippen molar-refractivity contribution in [2.75, 3.05) is 0 Å². The van der Waals surface area contributed by atoms with Crippen molar-refractivity contribution in [2.45, 2.75) is 39.2 Å². The lowest BCUT2D eigenvalue weighted by molar-refractivity contribution is 0.663. The summed E-state index contributed by atoms with van der Waals surface area (Å²) in [5.41, 5.74) is 8.27. The molecule has 1 aromatic heterocycles. The standard InChI is InChI=1S/C10H19N3/c1-4-10-9(6-5-8(2)11)7-13(3)12-10/h7-8H,4-6,11H2,1-3H3. The van der Waals surface area contributed by atoms with Gasteiger partial charge in [0, 0.05) is 19.3 Å². The maximum absolute atomic E-state index is 5.71. The average molecular weight is 181 g/mol. The smallest absolute Gasteiger partial charge is 0.0653 e. The number of rotatable bonds is 4. The largest absolute Gasteiger partial charge is 0.328 e. The molecule has 0 amide bonds. The lowest BCUT2D eigenvalue weighted by Crippen LogP contribution is -2.15. The van der Waals surface area contributed by atoms with Crippen molar-refractivity contribution in [3.63, 3.8) is 0 Å². The van der Waals surface area contributed by atoms with Crippen molar-refractivity contribution in [2.24, 2.45) is 12.8 Å². The van der Waals surface area contributed by atoms with E-state index in [2.05, 4.69) is 18.2 Å². The van der Waals surface area contributed by atoms with Crippen molar-refractivity contribution in [3.05, 3.63) is 17.5 Å². The highest BCUT2D eigenvalue weighted by Crippen LogP contribution is 2.10. The van der Waals surface area contributed by atoms with Gasteiger partial charge >= 0.3 is 0 Å². The van der Waals surface area contributed by atoms with E-state index in [0.717, 1.165) is 19.3 Å². The molecule has 0 fully saturated rings. The molecular weight excluding hydrogens is 162 g/mol. The van der Waals surface area contributed by atoms with Crippen LogP contribution in [0.15, 0.2) is 6.20 Å². The third-order valence-electron chi connectivity index (χ3n) is 2.20. The summed E-state index contributed by atoms with van der Waals surface area (Å²) in [5.74, 6) is 0. The number of hydrogen-bond acceptors (Lipinski definition) is 2. The summed E-state index contributed by atoms with van der Waals surface area (Å²) in [5, 5.41) is 4.38. The van der Waals surface area contributed by atoms with Gasteiger partial charge in [-0.05, 0) is 31.7 Å². The molecule has 1 aromatic rings. The van der Waals surface area contributed by atoms with Crippen LogP contribution in [-0.4, -0.2) is 15.8 Å². The van der Waals surface area contributed by atoms with Gasteiger partial charge in [0.15, 0.2) is 0 Å². The van der Waals surface area contributed by atoms with Crippen LogP contribution in [0.2, 0.25) is 0 Å². The zero-order valence-electron chi connectivity index (χ0n) is 8.75. The Hall–Kier alpha value is -0.830. The van der Waals surface area contributed by atoms with Crippen molar-refractivity contribution in [3.8, 4) is 0 Å². The van der Waals surface area contributed by atoms with E-state index in [-0.39, 0.29) is 6.04 Å². The van der Waals surface area contributed by atoms with E-state index in [4.69, 9.17) is 5.73 Å². The van der Waals surface area contributed by atoms with Gasteiger partial charge in [-0.3, -0.25) is 4.68 Å². The summed E-state index contributed by atoms with van der Waals surface area (Å²) in [4.78, 5) is 0. The normalized spacial score (nSPS) is 13.2. The molecular formula is C10H19N3. The Morgan fingerprint density at radius 2 is 2.31 bits per heavy atom. The van der Waals surface area contributed by atoms with Crippen molar-refractivity contribution in [1.29, 1.82) is 0 Å². The summed E-state index contributed by atoms with van der Waals surface area (Å²) in [6.45, 7) is 4.18. The summed E-state index contributed by atoms with van der Waals surface area (Å²) < 4.78 is 1.88. The Morgan fingerprint density at radius 3 is 2.85 bits per heavy atom. The fraction of sp³-hybridized carbons (Fsp3) is 0.700. The molecule has 1 unspecified atom stereocenters. The van der Waals surface area contributed by atoms with Crippen LogP contribution in [0.1, 0.15) is 31.5 Å². The maximum Gasteiger partial charge on any atom is 0.0653 e. The lowest BCUT2D eigenvalue weighted by Gasteiger charge is -2.03. The number of hydrogen-bond donors (Lipinski definition) is 1. The molecule has 1 heterocycles.